The monoisotopic (exact) mass is 359 g/mol. The van der Waals surface area contributed by atoms with Gasteiger partial charge >= 0.3 is 0 Å². The fraction of sp³-hybridized carbons (Fsp3) is 0.444. The number of nitrogen functional groups attached to an aromatic ring is 1. The Morgan fingerprint density at radius 2 is 2.23 bits per heavy atom. The largest absolute Gasteiger partial charge is 0.494 e. The number of nitrogens with two attached hydrogens (primary N) is 2. The molecule has 0 bridgehead atoms. The second-order valence-corrected chi connectivity index (χ2v) is 6.90. The highest BCUT2D eigenvalue weighted by atomic mass is 19.1. The summed E-state index contributed by atoms with van der Waals surface area (Å²) >= 11 is 0. The zero-order valence-electron chi connectivity index (χ0n) is 14.6. The maximum Gasteiger partial charge on any atom is 0.256 e. The van der Waals surface area contributed by atoms with Crippen molar-refractivity contribution in [3.63, 3.8) is 0 Å². The Labute approximate surface area is 150 Å². The van der Waals surface area contributed by atoms with Crippen LogP contribution in [0.1, 0.15) is 40.4 Å². The van der Waals surface area contributed by atoms with Crippen LogP contribution in [0.4, 0.5) is 15.9 Å². The molecule has 0 amide bonds. The number of rotatable bonds is 2. The lowest BCUT2D eigenvalue weighted by Crippen LogP contribution is -2.29. The first-order valence-electron chi connectivity index (χ1n) is 8.77. The number of halogens is 1. The number of nitrogens with one attached hydrogen (secondary N) is 1. The third-order valence-corrected chi connectivity index (χ3v) is 5.26. The molecule has 1 aliphatic carbocycles. The summed E-state index contributed by atoms with van der Waals surface area (Å²) in [4.78, 5) is 13.2. The molecule has 2 heterocycles. The average molecular weight is 359 g/mol. The van der Waals surface area contributed by atoms with Crippen LogP contribution in [0, 0.1) is 5.82 Å². The van der Waals surface area contributed by atoms with E-state index in [4.69, 9.17) is 16.2 Å². The van der Waals surface area contributed by atoms with Gasteiger partial charge in [-0.2, -0.15) is 9.78 Å². The molecule has 1 aliphatic heterocycles. The Morgan fingerprint density at radius 3 is 3.00 bits per heavy atom. The minimum atomic E-state index is -0.534. The van der Waals surface area contributed by atoms with E-state index < -0.39 is 11.7 Å². The van der Waals surface area contributed by atoms with Crippen LogP contribution >= 0.6 is 0 Å². The molecule has 2 atom stereocenters. The molecule has 0 radical (unpaired) electrons. The van der Waals surface area contributed by atoms with Gasteiger partial charge in [-0.05, 0) is 37.3 Å². The summed E-state index contributed by atoms with van der Waals surface area (Å²) in [6.07, 6.45) is 2.70. The predicted molar refractivity (Wildman–Crippen MR) is 96.1 cm³/mol. The van der Waals surface area contributed by atoms with Gasteiger partial charge < -0.3 is 21.5 Å². The third kappa shape index (κ3) is 2.61. The summed E-state index contributed by atoms with van der Waals surface area (Å²) < 4.78 is 20.5. The summed E-state index contributed by atoms with van der Waals surface area (Å²) in [7, 11) is 1.48. The number of carbonyl (C=O) groups excluding carboxylic acids is 1. The number of carbonyl (C=O) groups is 1. The Bertz CT molecular complexity index is 879. The number of hydrogen-bond acceptors (Lipinski definition) is 6. The van der Waals surface area contributed by atoms with Gasteiger partial charge in [-0.15, -0.1) is 0 Å². The van der Waals surface area contributed by atoms with Crippen molar-refractivity contribution in [2.24, 2.45) is 5.73 Å². The van der Waals surface area contributed by atoms with Crippen molar-refractivity contribution in [3.8, 4) is 5.75 Å². The van der Waals surface area contributed by atoms with Crippen molar-refractivity contribution >= 4 is 17.4 Å². The Hall–Kier alpha value is -2.61. The molecule has 4 rings (SSSR count). The van der Waals surface area contributed by atoms with E-state index in [0.29, 0.717) is 48.6 Å². The van der Waals surface area contributed by atoms with Crippen molar-refractivity contribution in [3.05, 3.63) is 34.8 Å². The number of aromatic nitrogens is 2. The highest BCUT2D eigenvalue weighted by Gasteiger charge is 2.33. The second kappa shape index (κ2) is 6.28. The summed E-state index contributed by atoms with van der Waals surface area (Å²) in [5, 5.41) is 7.63. The first-order valence-corrected chi connectivity index (χ1v) is 8.77. The third-order valence-electron chi connectivity index (χ3n) is 5.26. The minimum absolute atomic E-state index is 0.0375. The Balaban J connectivity index is 1.74. The van der Waals surface area contributed by atoms with Gasteiger partial charge in [0.15, 0.2) is 0 Å². The molecule has 2 aliphatic rings. The van der Waals surface area contributed by atoms with Gasteiger partial charge in [-0.25, -0.2) is 4.39 Å². The van der Waals surface area contributed by atoms with Crippen molar-refractivity contribution in [1.29, 1.82) is 0 Å². The molecule has 8 heteroatoms. The first kappa shape index (κ1) is 16.8. The second-order valence-electron chi connectivity index (χ2n) is 6.90. The summed E-state index contributed by atoms with van der Waals surface area (Å²) in [5.74, 6) is -0.491. The van der Waals surface area contributed by atoms with Crippen LogP contribution in [-0.4, -0.2) is 35.4 Å². The van der Waals surface area contributed by atoms with E-state index in [1.807, 2.05) is 0 Å². The first-order chi connectivity index (χ1) is 12.5. The van der Waals surface area contributed by atoms with Crippen LogP contribution in [0.3, 0.4) is 0 Å². The summed E-state index contributed by atoms with van der Waals surface area (Å²) in [6, 6.07) is 2.72. The smallest absolute Gasteiger partial charge is 0.256 e. The molecule has 0 saturated heterocycles. The number of nitrogens with zero attached hydrogens (tertiary/aromatic N) is 2. The van der Waals surface area contributed by atoms with Gasteiger partial charge in [0.25, 0.3) is 5.91 Å². The van der Waals surface area contributed by atoms with Crippen molar-refractivity contribution in [1.82, 2.24) is 9.78 Å². The van der Waals surface area contributed by atoms with E-state index >= 15 is 0 Å². The molecule has 26 heavy (non-hydrogen) atoms. The summed E-state index contributed by atoms with van der Waals surface area (Å²) in [5.41, 5.74) is 15.1. The minimum Gasteiger partial charge on any atom is -0.494 e. The van der Waals surface area contributed by atoms with Crippen molar-refractivity contribution in [2.45, 2.75) is 37.6 Å². The molecule has 0 fully saturated rings. The van der Waals surface area contributed by atoms with E-state index in [0.717, 1.165) is 17.7 Å². The van der Waals surface area contributed by atoms with Gasteiger partial charge in [0.05, 0.1) is 24.4 Å². The number of benzene rings is 1. The van der Waals surface area contributed by atoms with E-state index in [9.17, 15) is 9.18 Å². The van der Waals surface area contributed by atoms with Gasteiger partial charge in [0.1, 0.15) is 17.4 Å². The normalized spacial score (nSPS) is 21.5. The van der Waals surface area contributed by atoms with Crippen molar-refractivity contribution in [2.75, 3.05) is 24.7 Å². The van der Waals surface area contributed by atoms with E-state index in [2.05, 4.69) is 10.4 Å². The lowest BCUT2D eigenvalue weighted by Gasteiger charge is -2.27. The molecule has 7 nitrogen and oxygen atoms in total. The number of aryl methyl sites for hydroxylation is 1. The van der Waals surface area contributed by atoms with Crippen LogP contribution in [0.2, 0.25) is 0 Å². The zero-order chi connectivity index (χ0) is 18.4. The van der Waals surface area contributed by atoms with Crippen LogP contribution in [0.25, 0.3) is 0 Å². The molecule has 2 aromatic rings. The molecule has 0 spiro atoms. The van der Waals surface area contributed by atoms with Crippen molar-refractivity contribution < 1.29 is 13.9 Å². The molecule has 1 unspecified atom stereocenters. The molecule has 1 aromatic carbocycles. The van der Waals surface area contributed by atoms with Crippen LogP contribution in [0.15, 0.2) is 12.1 Å². The molecule has 0 saturated carbocycles. The standard InChI is InChI=1S/C18H22FN5O2/c1-26-15-7-9(19)6-12-11(4-5-22-16(12)15)18(25)24-17(21)13-8-10(20)2-3-14(13)23-24/h6-7,10-11,22H,2-5,8,20-21H2,1H3/t10?,11-/m0/s1. The SMILES string of the molecule is COc1cc(F)cc2c1NCC[C@@H]2C(=O)n1nc2c(c1N)CC(N)CC2. The molecule has 5 N–H and O–H groups in total. The number of fused-ring (bicyclic) bond motifs is 2. The van der Waals surface area contributed by atoms with Gasteiger partial charge in [-0.1, -0.05) is 0 Å². The number of anilines is 2. The van der Waals surface area contributed by atoms with E-state index in [-0.39, 0.29) is 11.9 Å². The topological polar surface area (TPSA) is 108 Å². The van der Waals surface area contributed by atoms with E-state index in [1.54, 1.807) is 0 Å². The Kier molecular flexibility index (Phi) is 4.07. The lowest BCUT2D eigenvalue weighted by molar-refractivity contribution is 0.0859. The van der Waals surface area contributed by atoms with Crippen LogP contribution in [0.5, 0.6) is 5.75 Å². The van der Waals surface area contributed by atoms with E-state index in [1.165, 1.54) is 23.9 Å². The van der Waals surface area contributed by atoms with Gasteiger partial charge in [-0.3, -0.25) is 4.79 Å². The molecule has 1 aromatic heterocycles. The lowest BCUT2D eigenvalue weighted by atomic mass is 9.89. The zero-order valence-corrected chi connectivity index (χ0v) is 14.6. The molecular weight excluding hydrogens is 337 g/mol. The maximum absolute atomic E-state index is 14.0. The van der Waals surface area contributed by atoms with Crippen LogP contribution < -0.4 is 21.5 Å². The van der Waals surface area contributed by atoms with Gasteiger partial charge in [0.2, 0.25) is 0 Å². The molecular formula is C18H22FN5O2. The Morgan fingerprint density at radius 1 is 1.42 bits per heavy atom. The number of ether oxygens (including phenoxy) is 1. The quantitative estimate of drug-likeness (QED) is 0.753. The predicted octanol–water partition coefficient (Wildman–Crippen LogP) is 1.67. The molecule has 138 valence electrons. The average Bonchev–Trinajstić information content (AvgIpc) is 2.96. The van der Waals surface area contributed by atoms with Crippen LogP contribution in [-0.2, 0) is 12.8 Å². The highest BCUT2D eigenvalue weighted by Crippen LogP contribution is 2.40. The fourth-order valence-corrected chi connectivity index (χ4v) is 3.92. The summed E-state index contributed by atoms with van der Waals surface area (Å²) in [6.45, 7) is 0.581. The number of methoxy groups -OCH3 is 1. The highest BCUT2D eigenvalue weighted by molar-refractivity contribution is 5.91. The fourth-order valence-electron chi connectivity index (χ4n) is 3.92. The maximum atomic E-state index is 14.0. The number of hydrogen-bond donors (Lipinski definition) is 3. The van der Waals surface area contributed by atoms with Gasteiger partial charge in [0, 0.05) is 24.2 Å².